The smallest absolute Gasteiger partial charge is 0.308 e. The third kappa shape index (κ3) is 5.18. The van der Waals surface area contributed by atoms with Crippen LogP contribution in [-0.4, -0.2) is 40.5 Å². The Morgan fingerprint density at radius 3 is 2.77 bits per heavy atom. The van der Waals surface area contributed by atoms with E-state index in [2.05, 4.69) is 20.1 Å². The Kier molecular flexibility index (Phi) is 7.08. The largest absolute Gasteiger partial charge is 0.493 e. The molecular formula is C21H22N4O4S. The molecule has 3 rings (SSSR count). The summed E-state index contributed by atoms with van der Waals surface area (Å²) in [6, 6.07) is 12.9. The van der Waals surface area contributed by atoms with Gasteiger partial charge in [-0.05, 0) is 42.8 Å². The van der Waals surface area contributed by atoms with Crippen molar-refractivity contribution in [2.24, 2.45) is 5.10 Å². The number of aromatic nitrogens is 2. The summed E-state index contributed by atoms with van der Waals surface area (Å²) < 4.78 is 12.3. The van der Waals surface area contributed by atoms with Crippen molar-refractivity contribution in [3.63, 3.8) is 0 Å². The van der Waals surface area contributed by atoms with E-state index in [4.69, 9.17) is 9.47 Å². The van der Waals surface area contributed by atoms with Crippen LogP contribution in [-0.2, 0) is 16.1 Å². The van der Waals surface area contributed by atoms with Crippen molar-refractivity contribution in [1.29, 1.82) is 0 Å². The first-order valence-electron chi connectivity index (χ1n) is 9.28. The maximum Gasteiger partial charge on any atom is 0.308 e. The number of hydrogen-bond donors (Lipinski definition) is 1. The quantitative estimate of drug-likeness (QED) is 0.195. The number of thioether (sulfide) groups is 1. The van der Waals surface area contributed by atoms with Crippen molar-refractivity contribution in [2.75, 3.05) is 12.9 Å². The molecule has 0 unspecified atom stereocenters. The molecule has 0 atom stereocenters. The maximum absolute atomic E-state index is 12.2. The first-order chi connectivity index (χ1) is 14.5. The number of imidazole rings is 1. The predicted molar refractivity (Wildman–Crippen MR) is 116 cm³/mol. The topological polar surface area (TPSA) is 94.8 Å². The van der Waals surface area contributed by atoms with E-state index in [0.29, 0.717) is 17.1 Å². The van der Waals surface area contributed by atoms with Crippen LogP contribution in [0.25, 0.3) is 11.0 Å². The molecule has 0 aliphatic carbocycles. The maximum atomic E-state index is 12.2. The number of rotatable bonds is 8. The Labute approximate surface area is 178 Å². The fourth-order valence-electron chi connectivity index (χ4n) is 2.81. The number of carbonyl (C=O) groups excluding carboxylic acids is 2. The molecule has 3 aromatic rings. The van der Waals surface area contributed by atoms with Gasteiger partial charge in [0.15, 0.2) is 16.7 Å². The summed E-state index contributed by atoms with van der Waals surface area (Å²) >= 11 is 1.36. The number of ether oxygens (including phenoxy) is 2. The van der Waals surface area contributed by atoms with Gasteiger partial charge in [-0.15, -0.1) is 0 Å². The second-order valence-electron chi connectivity index (χ2n) is 6.21. The van der Waals surface area contributed by atoms with Crippen LogP contribution in [0.2, 0.25) is 0 Å². The molecule has 0 saturated carbocycles. The fourth-order valence-corrected chi connectivity index (χ4v) is 3.68. The minimum Gasteiger partial charge on any atom is -0.493 e. The lowest BCUT2D eigenvalue weighted by molar-refractivity contribution is -0.132. The molecule has 0 spiro atoms. The first kappa shape index (κ1) is 21.4. The van der Waals surface area contributed by atoms with Crippen LogP contribution >= 0.6 is 11.8 Å². The minimum atomic E-state index is -0.434. The first-order valence-corrected chi connectivity index (χ1v) is 10.3. The van der Waals surface area contributed by atoms with E-state index in [-0.39, 0.29) is 11.7 Å². The van der Waals surface area contributed by atoms with E-state index >= 15 is 0 Å². The van der Waals surface area contributed by atoms with E-state index in [0.717, 1.165) is 22.7 Å². The predicted octanol–water partition coefficient (Wildman–Crippen LogP) is 3.23. The van der Waals surface area contributed by atoms with Gasteiger partial charge in [-0.1, -0.05) is 23.9 Å². The van der Waals surface area contributed by atoms with Crippen LogP contribution in [0.5, 0.6) is 11.5 Å². The van der Waals surface area contributed by atoms with E-state index in [1.807, 2.05) is 31.2 Å². The molecule has 0 fully saturated rings. The number of nitrogens with zero attached hydrogens (tertiary/aromatic N) is 3. The number of carbonyl (C=O) groups is 2. The van der Waals surface area contributed by atoms with Gasteiger partial charge in [-0.25, -0.2) is 10.4 Å². The molecule has 1 aromatic heterocycles. The monoisotopic (exact) mass is 426 g/mol. The molecule has 9 heteroatoms. The lowest BCUT2D eigenvalue weighted by Crippen LogP contribution is -2.20. The summed E-state index contributed by atoms with van der Waals surface area (Å²) in [6.45, 7) is 4.13. The standard InChI is InChI=1S/C21H22N4O4S/c1-4-25-17-8-6-5-7-16(17)23-21(25)30-13-20(27)24-22-12-15-9-10-18(29-14(2)26)19(11-15)28-3/h5-12H,4,13H2,1-3H3,(H,24,27). The van der Waals surface area contributed by atoms with E-state index in [1.165, 1.54) is 32.0 Å². The third-order valence-corrected chi connectivity index (χ3v) is 5.09. The van der Waals surface area contributed by atoms with Gasteiger partial charge in [-0.3, -0.25) is 9.59 Å². The zero-order valence-electron chi connectivity index (χ0n) is 16.9. The van der Waals surface area contributed by atoms with Crippen molar-refractivity contribution in [1.82, 2.24) is 15.0 Å². The van der Waals surface area contributed by atoms with Gasteiger partial charge in [-0.2, -0.15) is 5.10 Å². The molecule has 0 bridgehead atoms. The highest BCUT2D eigenvalue weighted by atomic mass is 32.2. The number of aryl methyl sites for hydroxylation is 1. The number of amides is 1. The molecule has 8 nitrogen and oxygen atoms in total. The van der Waals surface area contributed by atoms with Crippen molar-refractivity contribution in [3.05, 3.63) is 48.0 Å². The van der Waals surface area contributed by atoms with E-state index in [9.17, 15) is 9.59 Å². The van der Waals surface area contributed by atoms with Gasteiger partial charge in [0.1, 0.15) is 0 Å². The Bertz CT molecular complexity index is 1090. The Balaban J connectivity index is 1.58. The molecule has 1 heterocycles. The Morgan fingerprint density at radius 2 is 2.03 bits per heavy atom. The summed E-state index contributed by atoms with van der Waals surface area (Å²) in [5, 5.41) is 4.77. The molecule has 30 heavy (non-hydrogen) atoms. The molecule has 0 saturated heterocycles. The van der Waals surface area contributed by atoms with Crippen LogP contribution in [0.1, 0.15) is 19.4 Å². The Morgan fingerprint density at radius 1 is 1.23 bits per heavy atom. The summed E-state index contributed by atoms with van der Waals surface area (Å²) in [7, 11) is 1.48. The number of para-hydroxylation sites is 2. The summed E-state index contributed by atoms with van der Waals surface area (Å²) in [4.78, 5) is 27.9. The third-order valence-electron chi connectivity index (χ3n) is 4.11. The van der Waals surface area contributed by atoms with Crippen LogP contribution in [0, 0.1) is 0 Å². The zero-order chi connectivity index (χ0) is 21.5. The fraction of sp³-hybridized carbons (Fsp3) is 0.238. The number of hydrazone groups is 1. The minimum absolute atomic E-state index is 0.190. The molecule has 0 radical (unpaired) electrons. The molecule has 2 aromatic carbocycles. The Hall–Kier alpha value is -3.33. The summed E-state index contributed by atoms with van der Waals surface area (Å²) in [5.74, 6) is 0.233. The highest BCUT2D eigenvalue weighted by Gasteiger charge is 2.11. The number of hydrogen-bond acceptors (Lipinski definition) is 7. The van der Waals surface area contributed by atoms with Crippen molar-refractivity contribution >= 4 is 40.9 Å². The molecule has 0 aliphatic heterocycles. The van der Waals surface area contributed by atoms with Gasteiger partial charge in [0, 0.05) is 13.5 Å². The molecule has 1 N–H and O–H groups in total. The number of esters is 1. The average Bonchev–Trinajstić information content (AvgIpc) is 3.10. The number of methoxy groups -OCH3 is 1. The highest BCUT2D eigenvalue weighted by Crippen LogP contribution is 2.27. The molecule has 1 amide bonds. The van der Waals surface area contributed by atoms with Gasteiger partial charge in [0.05, 0.1) is 30.1 Å². The second kappa shape index (κ2) is 9.93. The molecule has 0 aliphatic rings. The average molecular weight is 426 g/mol. The van der Waals surface area contributed by atoms with Gasteiger partial charge in [0.25, 0.3) is 5.91 Å². The van der Waals surface area contributed by atoms with Gasteiger partial charge >= 0.3 is 5.97 Å². The van der Waals surface area contributed by atoms with Crippen LogP contribution in [0.3, 0.4) is 0 Å². The SMILES string of the molecule is CCn1c(SCC(=O)NN=Cc2ccc(OC(C)=O)c(OC)c2)nc2ccccc21. The lowest BCUT2D eigenvalue weighted by atomic mass is 10.2. The molecule has 156 valence electrons. The van der Waals surface area contributed by atoms with E-state index in [1.54, 1.807) is 18.2 Å². The normalized spacial score (nSPS) is 11.0. The van der Waals surface area contributed by atoms with Crippen LogP contribution in [0.4, 0.5) is 0 Å². The van der Waals surface area contributed by atoms with Crippen molar-refractivity contribution < 1.29 is 19.1 Å². The second-order valence-corrected chi connectivity index (χ2v) is 7.16. The number of benzene rings is 2. The van der Waals surface area contributed by atoms with Crippen molar-refractivity contribution in [2.45, 2.75) is 25.5 Å². The summed E-state index contributed by atoms with van der Waals surface area (Å²) in [6.07, 6.45) is 1.49. The van der Waals surface area contributed by atoms with Crippen LogP contribution < -0.4 is 14.9 Å². The van der Waals surface area contributed by atoms with Gasteiger partial charge < -0.3 is 14.0 Å². The zero-order valence-corrected chi connectivity index (χ0v) is 17.7. The highest BCUT2D eigenvalue weighted by molar-refractivity contribution is 7.99. The number of fused-ring (bicyclic) bond motifs is 1. The summed E-state index contributed by atoms with van der Waals surface area (Å²) in [5.41, 5.74) is 5.14. The van der Waals surface area contributed by atoms with E-state index < -0.39 is 5.97 Å². The number of nitrogens with one attached hydrogen (secondary N) is 1. The molecular weight excluding hydrogens is 404 g/mol. The van der Waals surface area contributed by atoms with Gasteiger partial charge in [0.2, 0.25) is 0 Å². The van der Waals surface area contributed by atoms with Crippen LogP contribution in [0.15, 0.2) is 52.7 Å². The lowest BCUT2D eigenvalue weighted by Gasteiger charge is -2.08. The van der Waals surface area contributed by atoms with Crippen molar-refractivity contribution in [3.8, 4) is 11.5 Å².